The van der Waals surface area contributed by atoms with Crippen molar-refractivity contribution in [2.75, 3.05) is 12.1 Å². The minimum Gasteiger partial charge on any atom is -0.454 e. The van der Waals surface area contributed by atoms with Gasteiger partial charge in [-0.2, -0.15) is 5.26 Å². The smallest absolute Gasteiger partial charge is 0.268 e. The van der Waals surface area contributed by atoms with Gasteiger partial charge in [0.2, 0.25) is 6.79 Å². The number of nitriles is 1. The van der Waals surface area contributed by atoms with Gasteiger partial charge < -0.3 is 14.0 Å². The van der Waals surface area contributed by atoms with Gasteiger partial charge >= 0.3 is 0 Å². The molecule has 2 aromatic heterocycles. The second-order valence-corrected chi connectivity index (χ2v) is 8.07. The molecule has 8 heteroatoms. The maximum absolute atomic E-state index is 12.7. The molecule has 4 rings (SSSR count). The predicted octanol–water partition coefficient (Wildman–Crippen LogP) is 4.91. The fraction of sp³-hybridized carbons (Fsp3) is 0.261. The number of nitrogens with one attached hydrogen (secondary N) is 1. The van der Waals surface area contributed by atoms with Crippen molar-refractivity contribution in [1.82, 2.24) is 9.55 Å². The highest BCUT2D eigenvalue weighted by Crippen LogP contribution is 2.36. The SMILES string of the molecule is CCCn1c(C)cc(/C=C(\C#N)C(=O)Nc2nc(-c3ccc4c(c3)OCO4)cs2)c1C. The summed E-state index contributed by atoms with van der Waals surface area (Å²) in [6, 6.07) is 9.59. The standard InChI is InChI=1S/C23H22N4O3S/c1-4-7-27-14(2)8-17(15(27)3)9-18(11-24)22(28)26-23-25-19(12-31-23)16-5-6-20-21(10-16)30-13-29-20/h5-6,8-10,12H,4,7,13H2,1-3H3,(H,25,26,28)/b18-9+. The number of thiazole rings is 1. The maximum Gasteiger partial charge on any atom is 0.268 e. The van der Waals surface area contributed by atoms with E-state index in [9.17, 15) is 10.1 Å². The van der Waals surface area contributed by atoms with E-state index in [-0.39, 0.29) is 12.4 Å². The molecular formula is C23H22N4O3S. The molecule has 7 nitrogen and oxygen atoms in total. The molecule has 1 amide bonds. The van der Waals surface area contributed by atoms with Gasteiger partial charge in [0.15, 0.2) is 16.6 Å². The second kappa shape index (κ2) is 8.66. The Kier molecular flexibility index (Phi) is 5.78. The Morgan fingerprint density at radius 2 is 2.13 bits per heavy atom. The number of fused-ring (bicyclic) bond motifs is 1. The summed E-state index contributed by atoms with van der Waals surface area (Å²) in [6.45, 7) is 7.26. The Bertz CT molecular complexity index is 1220. The average Bonchev–Trinajstić information content (AvgIpc) is 3.47. The number of hydrogen-bond donors (Lipinski definition) is 1. The summed E-state index contributed by atoms with van der Waals surface area (Å²) in [6.07, 6.45) is 2.65. The zero-order valence-corrected chi connectivity index (χ0v) is 18.4. The van der Waals surface area contributed by atoms with E-state index in [2.05, 4.69) is 21.8 Å². The molecule has 0 radical (unpaired) electrons. The third-order valence-electron chi connectivity index (χ3n) is 5.12. The Morgan fingerprint density at radius 1 is 1.32 bits per heavy atom. The molecule has 0 spiro atoms. The third-order valence-corrected chi connectivity index (χ3v) is 5.88. The summed E-state index contributed by atoms with van der Waals surface area (Å²) in [5.74, 6) is 0.899. The van der Waals surface area contributed by atoms with Crippen molar-refractivity contribution in [2.45, 2.75) is 33.7 Å². The van der Waals surface area contributed by atoms with Crippen LogP contribution in [0.25, 0.3) is 17.3 Å². The zero-order chi connectivity index (χ0) is 22.0. The van der Waals surface area contributed by atoms with Crippen molar-refractivity contribution in [3.8, 4) is 28.8 Å². The fourth-order valence-corrected chi connectivity index (χ4v) is 4.24. The summed E-state index contributed by atoms with van der Waals surface area (Å²) < 4.78 is 12.9. The lowest BCUT2D eigenvalue weighted by Crippen LogP contribution is -2.13. The molecule has 0 saturated heterocycles. The molecule has 3 heterocycles. The van der Waals surface area contributed by atoms with Gasteiger partial charge in [0.1, 0.15) is 11.6 Å². The molecule has 0 saturated carbocycles. The first kappa shape index (κ1) is 20.7. The first-order valence-electron chi connectivity index (χ1n) is 9.95. The zero-order valence-electron chi connectivity index (χ0n) is 17.6. The van der Waals surface area contributed by atoms with Crippen LogP contribution in [0.3, 0.4) is 0 Å². The van der Waals surface area contributed by atoms with Crippen LogP contribution in [-0.4, -0.2) is 22.3 Å². The quantitative estimate of drug-likeness (QED) is 0.440. The number of anilines is 1. The van der Waals surface area contributed by atoms with Crippen LogP contribution in [0.2, 0.25) is 0 Å². The summed E-state index contributed by atoms with van der Waals surface area (Å²) in [4.78, 5) is 17.2. The molecule has 0 bridgehead atoms. The van der Waals surface area contributed by atoms with E-state index in [1.54, 1.807) is 6.08 Å². The molecule has 1 aromatic carbocycles. The van der Waals surface area contributed by atoms with Gasteiger partial charge in [0, 0.05) is 28.9 Å². The lowest BCUT2D eigenvalue weighted by molar-refractivity contribution is -0.112. The summed E-state index contributed by atoms with van der Waals surface area (Å²) in [5.41, 5.74) is 4.63. The van der Waals surface area contributed by atoms with Crippen LogP contribution in [-0.2, 0) is 11.3 Å². The van der Waals surface area contributed by atoms with Crippen molar-refractivity contribution in [1.29, 1.82) is 5.26 Å². The monoisotopic (exact) mass is 434 g/mol. The highest BCUT2D eigenvalue weighted by molar-refractivity contribution is 7.14. The lowest BCUT2D eigenvalue weighted by Gasteiger charge is -2.07. The largest absolute Gasteiger partial charge is 0.454 e. The topological polar surface area (TPSA) is 89.2 Å². The first-order valence-corrected chi connectivity index (χ1v) is 10.8. The normalized spacial score (nSPS) is 12.6. The molecule has 0 fully saturated rings. The van der Waals surface area contributed by atoms with Crippen molar-refractivity contribution in [2.24, 2.45) is 0 Å². The number of hydrogen-bond acceptors (Lipinski definition) is 6. The number of carbonyl (C=O) groups excluding carboxylic acids is 1. The van der Waals surface area contributed by atoms with E-state index in [0.717, 1.165) is 35.5 Å². The van der Waals surface area contributed by atoms with Gasteiger partial charge in [-0.05, 0) is 56.2 Å². The summed E-state index contributed by atoms with van der Waals surface area (Å²) >= 11 is 1.30. The molecule has 0 atom stereocenters. The highest BCUT2D eigenvalue weighted by atomic mass is 32.1. The Labute approximate surface area is 184 Å². The number of aryl methyl sites for hydroxylation is 1. The molecule has 0 unspecified atom stereocenters. The Hall–Kier alpha value is -3.57. The van der Waals surface area contributed by atoms with Gasteiger partial charge in [-0.3, -0.25) is 10.1 Å². The van der Waals surface area contributed by atoms with Crippen molar-refractivity contribution < 1.29 is 14.3 Å². The minimum atomic E-state index is -0.477. The third kappa shape index (κ3) is 4.18. The molecule has 0 aliphatic carbocycles. The van der Waals surface area contributed by atoms with Gasteiger partial charge in [0.25, 0.3) is 5.91 Å². The van der Waals surface area contributed by atoms with Gasteiger partial charge in [-0.1, -0.05) is 6.92 Å². The van der Waals surface area contributed by atoms with Gasteiger partial charge in [-0.25, -0.2) is 4.98 Å². The Balaban J connectivity index is 1.52. The minimum absolute atomic E-state index is 0.0385. The van der Waals surface area contributed by atoms with Gasteiger partial charge in [-0.15, -0.1) is 11.3 Å². The number of rotatable bonds is 6. The first-order chi connectivity index (χ1) is 15.0. The van der Waals surface area contributed by atoms with E-state index in [0.29, 0.717) is 22.3 Å². The summed E-state index contributed by atoms with van der Waals surface area (Å²) in [5, 5.41) is 14.6. The number of benzene rings is 1. The summed E-state index contributed by atoms with van der Waals surface area (Å²) in [7, 11) is 0. The van der Waals surface area contributed by atoms with Crippen LogP contribution in [0, 0.1) is 25.2 Å². The molecule has 3 aromatic rings. The van der Waals surface area contributed by atoms with Crippen LogP contribution in [0.5, 0.6) is 11.5 Å². The Morgan fingerprint density at radius 3 is 2.90 bits per heavy atom. The molecule has 158 valence electrons. The van der Waals surface area contributed by atoms with E-state index >= 15 is 0 Å². The van der Waals surface area contributed by atoms with E-state index in [1.165, 1.54) is 11.3 Å². The molecular weight excluding hydrogens is 412 g/mol. The van der Waals surface area contributed by atoms with Crippen LogP contribution in [0.15, 0.2) is 35.2 Å². The van der Waals surface area contributed by atoms with Crippen LogP contribution in [0.1, 0.15) is 30.3 Å². The predicted molar refractivity (Wildman–Crippen MR) is 120 cm³/mol. The molecule has 1 aliphatic heterocycles. The van der Waals surface area contributed by atoms with E-state index in [1.807, 2.05) is 49.6 Å². The van der Waals surface area contributed by atoms with Crippen LogP contribution in [0.4, 0.5) is 5.13 Å². The van der Waals surface area contributed by atoms with Crippen LogP contribution >= 0.6 is 11.3 Å². The number of aromatic nitrogens is 2. The van der Waals surface area contributed by atoms with Gasteiger partial charge in [0.05, 0.1) is 5.69 Å². The van der Waals surface area contributed by atoms with E-state index < -0.39 is 5.91 Å². The van der Waals surface area contributed by atoms with Crippen molar-refractivity contribution >= 4 is 28.5 Å². The number of nitrogens with zero attached hydrogens (tertiary/aromatic N) is 3. The molecule has 1 aliphatic rings. The lowest BCUT2D eigenvalue weighted by atomic mass is 10.1. The molecule has 1 N–H and O–H groups in total. The highest BCUT2D eigenvalue weighted by Gasteiger charge is 2.17. The number of carbonyl (C=O) groups is 1. The van der Waals surface area contributed by atoms with Crippen molar-refractivity contribution in [3.63, 3.8) is 0 Å². The second-order valence-electron chi connectivity index (χ2n) is 7.21. The fourth-order valence-electron chi connectivity index (χ4n) is 3.53. The average molecular weight is 435 g/mol. The number of ether oxygens (including phenoxy) is 2. The molecule has 31 heavy (non-hydrogen) atoms. The number of amides is 1. The van der Waals surface area contributed by atoms with E-state index in [4.69, 9.17) is 9.47 Å². The van der Waals surface area contributed by atoms with Crippen molar-refractivity contribution in [3.05, 3.63) is 52.2 Å². The van der Waals surface area contributed by atoms with Crippen LogP contribution < -0.4 is 14.8 Å². The maximum atomic E-state index is 12.7.